The number of rotatable bonds is 0. The molecule has 0 heterocycles. The fourth-order valence-electron chi connectivity index (χ4n) is 5.57. The predicted molar refractivity (Wildman–Crippen MR) is 122 cm³/mol. The van der Waals surface area contributed by atoms with Crippen molar-refractivity contribution in [2.45, 2.75) is 63.7 Å². The maximum absolute atomic E-state index is 12.7. The van der Waals surface area contributed by atoms with E-state index in [4.69, 9.17) is 0 Å². The van der Waals surface area contributed by atoms with Crippen LogP contribution in [0, 0.1) is 0 Å². The minimum absolute atomic E-state index is 0.0755. The van der Waals surface area contributed by atoms with Crippen molar-refractivity contribution in [3.05, 3.63) is 80.9 Å². The molecule has 2 aromatic carbocycles. The molecular formula is C28H22F6O2. The first kappa shape index (κ1) is 24.5. The second kappa shape index (κ2) is 8.75. The monoisotopic (exact) mass is 504 g/mol. The van der Waals surface area contributed by atoms with Crippen molar-refractivity contribution in [2.75, 3.05) is 0 Å². The Morgan fingerprint density at radius 2 is 0.806 bits per heavy atom. The summed E-state index contributed by atoms with van der Waals surface area (Å²) in [5.41, 5.74) is 3.69. The van der Waals surface area contributed by atoms with E-state index in [0.717, 1.165) is 85.1 Å². The van der Waals surface area contributed by atoms with Gasteiger partial charge in [0.1, 0.15) is 0 Å². The fraction of sp³-hybridized carbons (Fsp3) is 0.357. The molecule has 0 fully saturated rings. The predicted octanol–water partition coefficient (Wildman–Crippen LogP) is 8.46. The van der Waals surface area contributed by atoms with E-state index in [-0.39, 0.29) is 11.6 Å². The summed E-state index contributed by atoms with van der Waals surface area (Å²) in [6.45, 7) is 0. The van der Waals surface area contributed by atoms with Gasteiger partial charge in [-0.2, -0.15) is 26.3 Å². The largest absolute Gasteiger partial charge is 0.416 e. The summed E-state index contributed by atoms with van der Waals surface area (Å²) in [5.74, 6) is -0.151. The molecule has 0 atom stereocenters. The number of fused-ring (bicyclic) bond motifs is 4. The molecule has 188 valence electrons. The molecule has 36 heavy (non-hydrogen) atoms. The molecular weight excluding hydrogens is 482 g/mol. The minimum atomic E-state index is -4.35. The van der Waals surface area contributed by atoms with E-state index in [1.165, 1.54) is 12.1 Å². The Hall–Kier alpha value is -3.16. The Labute approximate surface area is 203 Å². The van der Waals surface area contributed by atoms with Crippen LogP contribution in [0.5, 0.6) is 0 Å². The van der Waals surface area contributed by atoms with E-state index in [1.807, 2.05) is 0 Å². The van der Waals surface area contributed by atoms with Crippen LogP contribution in [-0.2, 0) is 12.4 Å². The lowest BCUT2D eigenvalue weighted by Crippen LogP contribution is -2.06. The minimum Gasteiger partial charge on any atom is -0.289 e. The average molecular weight is 504 g/mol. The van der Waals surface area contributed by atoms with Crippen molar-refractivity contribution in [3.8, 4) is 0 Å². The van der Waals surface area contributed by atoms with Crippen LogP contribution in [0.3, 0.4) is 0 Å². The first-order chi connectivity index (χ1) is 17.0. The Morgan fingerprint density at radius 1 is 0.472 bits per heavy atom. The van der Waals surface area contributed by atoms with Crippen LogP contribution in [0.1, 0.15) is 94.3 Å². The van der Waals surface area contributed by atoms with Crippen molar-refractivity contribution >= 4 is 22.7 Å². The molecule has 0 bridgehead atoms. The molecule has 0 aliphatic heterocycles. The topological polar surface area (TPSA) is 34.1 Å². The van der Waals surface area contributed by atoms with Crippen molar-refractivity contribution in [1.82, 2.24) is 0 Å². The van der Waals surface area contributed by atoms with Gasteiger partial charge in [-0.3, -0.25) is 9.59 Å². The van der Waals surface area contributed by atoms with Crippen LogP contribution in [0.15, 0.2) is 47.5 Å². The van der Waals surface area contributed by atoms with Crippen molar-refractivity contribution in [3.63, 3.8) is 0 Å². The molecule has 2 aromatic rings. The van der Waals surface area contributed by atoms with Crippen LogP contribution in [-0.4, -0.2) is 11.6 Å². The first-order valence-electron chi connectivity index (χ1n) is 11.9. The Morgan fingerprint density at radius 3 is 1.14 bits per heavy atom. The first-order valence-corrected chi connectivity index (χ1v) is 11.9. The number of carbonyl (C=O) groups is 2. The Kier molecular flexibility index (Phi) is 5.96. The standard InChI is InChI=1S/2C14H11F3O/c2*15-14(16,17)8-5-6-11-12(7-8)9-3-1-2-4-10(9)13(11)18/h2*5-7H,1-4H2. The van der Waals surface area contributed by atoms with Crippen molar-refractivity contribution in [2.24, 2.45) is 0 Å². The molecule has 0 saturated heterocycles. The maximum atomic E-state index is 12.7. The summed E-state index contributed by atoms with van der Waals surface area (Å²) in [6, 6.07) is 6.88. The molecule has 0 aromatic heterocycles. The summed E-state index contributed by atoms with van der Waals surface area (Å²) in [6.07, 6.45) is -2.08. The lowest BCUT2D eigenvalue weighted by atomic mass is 9.91. The number of hydrogen-bond donors (Lipinski definition) is 0. The van der Waals surface area contributed by atoms with Gasteiger partial charge in [0.15, 0.2) is 11.6 Å². The highest BCUT2D eigenvalue weighted by molar-refractivity contribution is 6.21. The summed E-state index contributed by atoms with van der Waals surface area (Å²) < 4.78 is 76.1. The zero-order chi connectivity index (χ0) is 25.8. The smallest absolute Gasteiger partial charge is 0.289 e. The maximum Gasteiger partial charge on any atom is 0.416 e. The second-order valence-electron chi connectivity index (χ2n) is 9.50. The van der Waals surface area contributed by atoms with Crippen molar-refractivity contribution in [1.29, 1.82) is 0 Å². The number of halogens is 6. The highest BCUT2D eigenvalue weighted by atomic mass is 19.4. The van der Waals surface area contributed by atoms with E-state index in [1.54, 1.807) is 0 Å². The highest BCUT2D eigenvalue weighted by Gasteiger charge is 2.37. The number of hydrogen-bond acceptors (Lipinski definition) is 2. The van der Waals surface area contributed by atoms with Crippen LogP contribution in [0.25, 0.3) is 11.1 Å². The second-order valence-corrected chi connectivity index (χ2v) is 9.50. The van der Waals surface area contributed by atoms with Crippen LogP contribution < -0.4 is 0 Å². The Bertz CT molecular complexity index is 1240. The number of Topliss-reactive ketones (excluding diaryl/α,β-unsaturated/α-hetero) is 2. The van der Waals surface area contributed by atoms with E-state index in [2.05, 4.69) is 0 Å². The van der Waals surface area contributed by atoms with Crippen molar-refractivity contribution < 1.29 is 35.9 Å². The molecule has 0 amide bonds. The third kappa shape index (κ3) is 4.20. The van der Waals surface area contributed by atoms with Gasteiger partial charge in [0.05, 0.1) is 11.1 Å². The molecule has 0 N–H and O–H groups in total. The number of carbonyl (C=O) groups excluding carboxylic acids is 2. The number of ketones is 2. The van der Waals surface area contributed by atoms with Gasteiger partial charge in [-0.05, 0) is 110 Å². The fourth-order valence-corrected chi connectivity index (χ4v) is 5.57. The SMILES string of the molecule is O=C1C2=C(CCCC2)c2cc(C(F)(F)F)ccc21.O=C1C2=C(CCCC2)c2cc(C(F)(F)F)ccc21. The third-order valence-corrected chi connectivity index (χ3v) is 7.32. The molecule has 0 spiro atoms. The highest BCUT2D eigenvalue weighted by Crippen LogP contribution is 2.44. The lowest BCUT2D eigenvalue weighted by molar-refractivity contribution is -0.138. The molecule has 4 aliphatic carbocycles. The molecule has 8 heteroatoms. The number of allylic oxidation sites excluding steroid dienone is 4. The van der Waals surface area contributed by atoms with Gasteiger partial charge in [0.25, 0.3) is 0 Å². The summed E-state index contributed by atoms with van der Waals surface area (Å²) in [7, 11) is 0. The summed E-state index contributed by atoms with van der Waals surface area (Å²) in [5, 5.41) is 0. The van der Waals surface area contributed by atoms with Gasteiger partial charge < -0.3 is 0 Å². The Balaban J connectivity index is 0.000000148. The lowest BCUT2D eigenvalue weighted by Gasteiger charge is -2.14. The third-order valence-electron chi connectivity index (χ3n) is 7.32. The van der Waals surface area contributed by atoms with E-state index >= 15 is 0 Å². The summed E-state index contributed by atoms with van der Waals surface area (Å²) in [4.78, 5) is 24.1. The zero-order valence-corrected chi connectivity index (χ0v) is 19.2. The number of alkyl halides is 6. The van der Waals surface area contributed by atoms with Crippen LogP contribution in [0.4, 0.5) is 26.3 Å². The quantitative estimate of drug-likeness (QED) is 0.337. The normalized spacial score (nSPS) is 18.9. The van der Waals surface area contributed by atoms with E-state index in [0.29, 0.717) is 35.1 Å². The van der Waals surface area contributed by atoms with Gasteiger partial charge in [-0.15, -0.1) is 0 Å². The molecule has 2 nitrogen and oxygen atoms in total. The average Bonchev–Trinajstić information content (AvgIpc) is 3.30. The zero-order valence-electron chi connectivity index (χ0n) is 19.2. The summed E-state index contributed by atoms with van der Waals surface area (Å²) >= 11 is 0. The van der Waals surface area contributed by atoms with Crippen LogP contribution in [0.2, 0.25) is 0 Å². The molecule has 0 radical (unpaired) electrons. The van der Waals surface area contributed by atoms with Gasteiger partial charge in [-0.1, -0.05) is 0 Å². The number of benzene rings is 2. The van der Waals surface area contributed by atoms with E-state index in [9.17, 15) is 35.9 Å². The van der Waals surface area contributed by atoms with Gasteiger partial charge in [0.2, 0.25) is 0 Å². The van der Waals surface area contributed by atoms with Gasteiger partial charge in [-0.25, -0.2) is 0 Å². The molecule has 0 unspecified atom stereocenters. The molecule has 4 aliphatic rings. The van der Waals surface area contributed by atoms with Crippen LogP contribution >= 0.6 is 0 Å². The molecule has 6 rings (SSSR count). The molecule has 0 saturated carbocycles. The van der Waals surface area contributed by atoms with E-state index < -0.39 is 23.5 Å². The van der Waals surface area contributed by atoms with Gasteiger partial charge in [0, 0.05) is 22.3 Å². The van der Waals surface area contributed by atoms with Gasteiger partial charge >= 0.3 is 12.4 Å².